The molecule has 7 heteroatoms. The number of carbonyl (C=O) groups excluding carboxylic acids is 2. The number of imide groups is 1. The number of fused-ring (bicyclic) bond motifs is 1. The molecule has 2 amide bonds. The van der Waals surface area contributed by atoms with Crippen LogP contribution in [0.25, 0.3) is 10.9 Å². The molecular weight excluding hydrogens is 422 g/mol. The lowest BCUT2D eigenvalue weighted by molar-refractivity contribution is -0.118. The van der Waals surface area contributed by atoms with E-state index in [2.05, 4.69) is 10.3 Å². The van der Waals surface area contributed by atoms with Crippen LogP contribution in [-0.2, 0) is 11.2 Å². The Kier molecular flexibility index (Phi) is 5.25. The van der Waals surface area contributed by atoms with Crippen molar-refractivity contribution in [2.45, 2.75) is 11.7 Å². The molecule has 6 nitrogen and oxygen atoms in total. The first kappa shape index (κ1) is 20.1. The summed E-state index contributed by atoms with van der Waals surface area (Å²) in [6.45, 7) is 0. The van der Waals surface area contributed by atoms with Gasteiger partial charge < -0.3 is 10.1 Å². The lowest BCUT2D eigenvalue weighted by atomic mass is 10.0. The molecule has 3 N–H and O–H groups in total. The molecule has 1 unspecified atom stereocenters. The minimum atomic E-state index is -0.403. The van der Waals surface area contributed by atoms with Crippen LogP contribution in [0.5, 0.6) is 5.88 Å². The minimum absolute atomic E-state index is 0.0689. The molecule has 1 aliphatic rings. The highest BCUT2D eigenvalue weighted by Crippen LogP contribution is 2.31. The van der Waals surface area contributed by atoms with Gasteiger partial charge in [0.15, 0.2) is 5.88 Å². The van der Waals surface area contributed by atoms with Crippen molar-refractivity contribution in [2.24, 2.45) is 4.99 Å². The molecule has 32 heavy (non-hydrogen) atoms. The number of thioether (sulfide) groups is 1. The Labute approximate surface area is 188 Å². The number of amides is 2. The number of H-pyrrole nitrogens is 1. The third kappa shape index (κ3) is 3.90. The zero-order valence-electron chi connectivity index (χ0n) is 16.9. The summed E-state index contributed by atoms with van der Waals surface area (Å²) in [4.78, 5) is 31.1. The van der Waals surface area contributed by atoms with E-state index < -0.39 is 5.25 Å². The van der Waals surface area contributed by atoms with Crippen LogP contribution >= 0.6 is 11.8 Å². The quantitative estimate of drug-likeness (QED) is 0.383. The number of hydrogen-bond donors (Lipinski definition) is 3. The molecule has 0 aliphatic carbocycles. The predicted octanol–water partition coefficient (Wildman–Crippen LogP) is 4.94. The second-order valence-corrected chi connectivity index (χ2v) is 8.65. The number of aromatic nitrogens is 1. The number of benzene rings is 3. The fraction of sp³-hybridized carbons (Fsp3) is 0.0800. The summed E-state index contributed by atoms with van der Waals surface area (Å²) in [6, 6.07) is 25.0. The maximum atomic E-state index is 11.8. The van der Waals surface area contributed by atoms with Crippen molar-refractivity contribution in [3.8, 4) is 5.88 Å². The van der Waals surface area contributed by atoms with Crippen LogP contribution in [0.4, 0.5) is 10.5 Å². The van der Waals surface area contributed by atoms with Gasteiger partial charge in [0.1, 0.15) is 0 Å². The van der Waals surface area contributed by atoms with Gasteiger partial charge in [0.2, 0.25) is 5.91 Å². The molecule has 1 saturated heterocycles. The summed E-state index contributed by atoms with van der Waals surface area (Å²) in [5, 5.41) is 13.2. The molecule has 0 radical (unpaired) electrons. The van der Waals surface area contributed by atoms with Crippen molar-refractivity contribution < 1.29 is 14.7 Å². The number of rotatable bonds is 5. The average molecular weight is 442 g/mol. The molecular formula is C25H19N3O3S. The van der Waals surface area contributed by atoms with Gasteiger partial charge in [0.25, 0.3) is 5.24 Å². The predicted molar refractivity (Wildman–Crippen MR) is 127 cm³/mol. The number of para-hydroxylation sites is 1. The number of carbonyl (C=O) groups is 2. The van der Waals surface area contributed by atoms with E-state index in [4.69, 9.17) is 4.99 Å². The van der Waals surface area contributed by atoms with Crippen LogP contribution < -0.4 is 5.32 Å². The standard InChI is InChI=1S/C25H19N3O3S/c29-23-20(32-25(31)28-23)14-15-10-12-17(13-11-15)26-22(16-6-2-1-3-7-16)21-18-8-4-5-9-19(18)27-24(21)30/h1-13,20,27,30H,14H2,(H,28,29,31). The van der Waals surface area contributed by atoms with Crippen molar-refractivity contribution in [2.75, 3.05) is 0 Å². The topological polar surface area (TPSA) is 94.6 Å². The van der Waals surface area contributed by atoms with Crippen LogP contribution in [0, 0.1) is 0 Å². The zero-order valence-corrected chi connectivity index (χ0v) is 17.7. The molecule has 2 heterocycles. The highest BCUT2D eigenvalue weighted by Gasteiger charge is 2.31. The van der Waals surface area contributed by atoms with Gasteiger partial charge >= 0.3 is 0 Å². The lowest BCUT2D eigenvalue weighted by Gasteiger charge is -2.09. The summed E-state index contributed by atoms with van der Waals surface area (Å²) in [6.07, 6.45) is 0.473. The Bertz CT molecular complexity index is 1340. The van der Waals surface area contributed by atoms with E-state index in [1.165, 1.54) is 0 Å². The van der Waals surface area contributed by atoms with Crippen molar-refractivity contribution in [3.05, 3.63) is 95.6 Å². The Morgan fingerprint density at radius 3 is 2.38 bits per heavy atom. The Balaban J connectivity index is 1.52. The van der Waals surface area contributed by atoms with Gasteiger partial charge in [-0.15, -0.1) is 0 Å². The minimum Gasteiger partial charge on any atom is -0.494 e. The van der Waals surface area contributed by atoms with Crippen molar-refractivity contribution in [1.82, 2.24) is 10.3 Å². The van der Waals surface area contributed by atoms with E-state index in [1.807, 2.05) is 78.9 Å². The summed E-state index contributed by atoms with van der Waals surface area (Å²) in [5.41, 5.74) is 4.69. The van der Waals surface area contributed by atoms with Crippen LogP contribution in [0.2, 0.25) is 0 Å². The smallest absolute Gasteiger partial charge is 0.286 e. The van der Waals surface area contributed by atoms with Gasteiger partial charge in [0, 0.05) is 16.5 Å². The highest BCUT2D eigenvalue weighted by atomic mass is 32.2. The maximum Gasteiger partial charge on any atom is 0.286 e. The van der Waals surface area contributed by atoms with Crippen LogP contribution in [0.3, 0.4) is 0 Å². The third-order valence-corrected chi connectivity index (χ3v) is 6.32. The van der Waals surface area contributed by atoms with E-state index in [1.54, 1.807) is 0 Å². The first-order valence-electron chi connectivity index (χ1n) is 10.1. The fourth-order valence-electron chi connectivity index (χ4n) is 3.81. The van der Waals surface area contributed by atoms with Gasteiger partial charge in [-0.25, -0.2) is 4.99 Å². The summed E-state index contributed by atoms with van der Waals surface area (Å²) < 4.78 is 0. The molecule has 0 bridgehead atoms. The van der Waals surface area contributed by atoms with Crippen LogP contribution in [0.15, 0.2) is 83.9 Å². The molecule has 0 spiro atoms. The zero-order chi connectivity index (χ0) is 22.1. The van der Waals surface area contributed by atoms with Gasteiger partial charge in [-0.05, 0) is 30.2 Å². The molecule has 1 atom stereocenters. The van der Waals surface area contributed by atoms with Gasteiger partial charge in [-0.1, -0.05) is 72.4 Å². The molecule has 5 rings (SSSR count). The summed E-state index contributed by atoms with van der Waals surface area (Å²) in [7, 11) is 0. The molecule has 0 saturated carbocycles. The van der Waals surface area contributed by atoms with Gasteiger partial charge in [-0.2, -0.15) is 0 Å². The van der Waals surface area contributed by atoms with E-state index in [-0.39, 0.29) is 17.0 Å². The molecule has 1 aliphatic heterocycles. The van der Waals surface area contributed by atoms with Crippen LogP contribution in [0.1, 0.15) is 16.7 Å². The second-order valence-electron chi connectivity index (χ2n) is 7.47. The summed E-state index contributed by atoms with van der Waals surface area (Å²) >= 11 is 1.02. The molecule has 1 fully saturated rings. The van der Waals surface area contributed by atoms with Crippen LogP contribution in [-0.4, -0.2) is 32.2 Å². The molecule has 1 aromatic heterocycles. The highest BCUT2D eigenvalue weighted by molar-refractivity contribution is 8.15. The number of aliphatic imine (C=N–C) groups is 1. The number of aromatic hydroxyl groups is 1. The molecule has 158 valence electrons. The first-order valence-corrected chi connectivity index (χ1v) is 11.0. The molecule has 3 aromatic carbocycles. The SMILES string of the molecule is O=C1NC(=O)C(Cc2ccc(N=C(c3ccccc3)c3c(O)[nH]c4ccccc34)cc2)S1. The molecule has 4 aromatic rings. The number of hydrogen-bond acceptors (Lipinski definition) is 5. The van der Waals surface area contributed by atoms with Crippen molar-refractivity contribution >= 4 is 45.2 Å². The maximum absolute atomic E-state index is 11.8. The Morgan fingerprint density at radius 2 is 1.66 bits per heavy atom. The van der Waals surface area contributed by atoms with Gasteiger partial charge in [-0.3, -0.25) is 14.9 Å². The van der Waals surface area contributed by atoms with Crippen molar-refractivity contribution in [3.63, 3.8) is 0 Å². The Morgan fingerprint density at radius 1 is 0.938 bits per heavy atom. The normalized spacial score (nSPS) is 16.5. The summed E-state index contributed by atoms with van der Waals surface area (Å²) in [5.74, 6) is -0.178. The lowest BCUT2D eigenvalue weighted by Crippen LogP contribution is -2.25. The second kappa shape index (κ2) is 8.36. The van der Waals surface area contributed by atoms with E-state index >= 15 is 0 Å². The average Bonchev–Trinajstić information content (AvgIpc) is 3.30. The van der Waals surface area contributed by atoms with E-state index in [0.717, 1.165) is 39.5 Å². The van der Waals surface area contributed by atoms with E-state index in [9.17, 15) is 14.7 Å². The van der Waals surface area contributed by atoms with Crippen molar-refractivity contribution in [1.29, 1.82) is 0 Å². The fourth-order valence-corrected chi connectivity index (χ4v) is 4.67. The number of nitrogens with one attached hydrogen (secondary N) is 2. The number of nitrogens with zero attached hydrogens (tertiary/aromatic N) is 1. The van der Waals surface area contributed by atoms with E-state index in [0.29, 0.717) is 17.7 Å². The number of aromatic amines is 1. The Hall–Kier alpha value is -3.84. The third-order valence-electron chi connectivity index (χ3n) is 5.34. The largest absolute Gasteiger partial charge is 0.494 e. The monoisotopic (exact) mass is 441 g/mol. The first-order chi connectivity index (χ1) is 15.6. The van der Waals surface area contributed by atoms with Gasteiger partial charge in [0.05, 0.1) is 22.2 Å².